The van der Waals surface area contributed by atoms with Gasteiger partial charge in [-0.05, 0) is 76.0 Å². The van der Waals surface area contributed by atoms with Gasteiger partial charge in [0.2, 0.25) is 11.4 Å². The Balaban J connectivity index is 1.54. The molecule has 1 atom stereocenters. The molecule has 3 aromatic rings. The quantitative estimate of drug-likeness (QED) is 0.361. The summed E-state index contributed by atoms with van der Waals surface area (Å²) in [6.07, 6.45) is 8.43. The van der Waals surface area contributed by atoms with Gasteiger partial charge >= 0.3 is 0 Å². The van der Waals surface area contributed by atoms with Gasteiger partial charge in [-0.1, -0.05) is 53.4 Å². The smallest absolute Gasteiger partial charge is 0.263 e. The van der Waals surface area contributed by atoms with Crippen LogP contribution in [0.1, 0.15) is 45.5 Å². The normalized spacial score (nSPS) is 19.9. The highest BCUT2D eigenvalue weighted by Gasteiger charge is 2.28. The number of thiazole rings is 1. The number of amides is 1. The van der Waals surface area contributed by atoms with Crippen LogP contribution in [-0.2, 0) is 11.3 Å². The molecule has 36 heavy (non-hydrogen) atoms. The molecule has 1 aliphatic heterocycles. The van der Waals surface area contributed by atoms with E-state index in [1.54, 1.807) is 0 Å². The van der Waals surface area contributed by atoms with Crippen molar-refractivity contribution in [1.82, 2.24) is 5.32 Å². The fraction of sp³-hybridized carbons (Fsp3) is 0.333. The van der Waals surface area contributed by atoms with Crippen molar-refractivity contribution in [2.45, 2.75) is 58.0 Å². The molecule has 0 saturated carbocycles. The molecule has 2 aliphatic rings. The first-order valence-electron chi connectivity index (χ1n) is 12.9. The van der Waals surface area contributed by atoms with Gasteiger partial charge in [0.1, 0.15) is 11.2 Å². The number of carbonyl (C=O) groups is 1. The summed E-state index contributed by atoms with van der Waals surface area (Å²) in [5.74, 6) is 0.0816. The van der Waals surface area contributed by atoms with E-state index in [1.807, 2.05) is 36.9 Å². The number of anilines is 1. The second-order valence-electron chi connectivity index (χ2n) is 9.66. The minimum absolute atomic E-state index is 0.0659. The van der Waals surface area contributed by atoms with Crippen molar-refractivity contribution >= 4 is 51.0 Å². The summed E-state index contributed by atoms with van der Waals surface area (Å²) < 4.78 is 3.67. The highest BCUT2D eigenvalue weighted by molar-refractivity contribution is 8.03. The van der Waals surface area contributed by atoms with Crippen molar-refractivity contribution < 1.29 is 9.36 Å². The fourth-order valence-electron chi connectivity index (χ4n) is 5.08. The van der Waals surface area contributed by atoms with Gasteiger partial charge in [-0.15, -0.1) is 0 Å². The van der Waals surface area contributed by atoms with E-state index in [4.69, 9.17) is 0 Å². The van der Waals surface area contributed by atoms with Crippen LogP contribution in [0, 0.1) is 5.92 Å². The number of nitrogens with one attached hydrogen (secondary N) is 1. The fourth-order valence-corrected chi connectivity index (χ4v) is 7.48. The van der Waals surface area contributed by atoms with E-state index in [-0.39, 0.29) is 17.9 Å². The van der Waals surface area contributed by atoms with Gasteiger partial charge in [-0.2, -0.15) is 4.57 Å². The van der Waals surface area contributed by atoms with Crippen LogP contribution in [0.4, 0.5) is 5.69 Å². The first kappa shape index (κ1) is 24.8. The van der Waals surface area contributed by atoms with E-state index >= 15 is 0 Å². The van der Waals surface area contributed by atoms with Crippen LogP contribution in [0.3, 0.4) is 0 Å². The molecule has 1 N–H and O–H groups in total. The number of fused-ring (bicyclic) bond motifs is 2. The Kier molecular flexibility index (Phi) is 7.35. The van der Waals surface area contributed by atoms with E-state index in [0.717, 1.165) is 25.9 Å². The summed E-state index contributed by atoms with van der Waals surface area (Å²) in [4.78, 5) is 16.8. The van der Waals surface area contributed by atoms with E-state index in [2.05, 4.69) is 95.4 Å². The van der Waals surface area contributed by atoms with Crippen molar-refractivity contribution in [2.75, 3.05) is 11.4 Å². The summed E-state index contributed by atoms with van der Waals surface area (Å²) in [6.45, 7) is 10.3. The lowest BCUT2D eigenvalue weighted by Gasteiger charge is -2.25. The zero-order chi connectivity index (χ0) is 25.2. The molecule has 0 radical (unpaired) electrons. The van der Waals surface area contributed by atoms with Gasteiger partial charge in [0.25, 0.3) is 5.01 Å². The van der Waals surface area contributed by atoms with Gasteiger partial charge in [0.15, 0.2) is 0 Å². The predicted molar refractivity (Wildman–Crippen MR) is 153 cm³/mol. The molecular formula is C30H34N3OS2+. The molecule has 186 valence electrons. The Bertz CT molecular complexity index is 1380. The molecule has 2 aromatic carbocycles. The van der Waals surface area contributed by atoms with Crippen LogP contribution in [0.5, 0.6) is 0 Å². The monoisotopic (exact) mass is 516 g/mol. The maximum absolute atomic E-state index is 13.1. The van der Waals surface area contributed by atoms with Gasteiger partial charge in [-0.3, -0.25) is 4.79 Å². The topological polar surface area (TPSA) is 36.2 Å². The number of para-hydroxylation sites is 2. The Morgan fingerprint density at radius 1 is 1.11 bits per heavy atom. The lowest BCUT2D eigenvalue weighted by molar-refractivity contribution is -0.665. The summed E-state index contributed by atoms with van der Waals surface area (Å²) in [6, 6.07) is 17.3. The standard InChI is InChI=1S/C30H33N3OS2/c1-5-32-24-11-7-9-13-26(24)35-28(32)18-21-15-22(17-23(16-21)30(34)31-20(3)4)19-29-33(6-2)25-12-8-10-14-27(25)36-29/h7-15,18-20,23H,5-6,16-17H2,1-4H3/p+1. The molecule has 0 fully saturated rings. The molecular weight excluding hydrogens is 482 g/mol. The van der Waals surface area contributed by atoms with Crippen LogP contribution < -0.4 is 14.8 Å². The third-order valence-electron chi connectivity index (χ3n) is 6.66. The Morgan fingerprint density at radius 2 is 1.89 bits per heavy atom. The lowest BCUT2D eigenvalue weighted by Crippen LogP contribution is -2.37. The SMILES string of the molecule is CCN1C(=CC2=CC(=Cc3sc4ccccc4[n+]3CC)CC(C(=O)NC(C)C)C2)Sc2ccccc21. The third-order valence-corrected chi connectivity index (χ3v) is 8.89. The summed E-state index contributed by atoms with van der Waals surface area (Å²) >= 11 is 3.64. The number of benzene rings is 2. The Labute approximate surface area is 222 Å². The molecule has 5 rings (SSSR count). The number of thioether (sulfide) groups is 1. The minimum Gasteiger partial charge on any atom is -0.354 e. The van der Waals surface area contributed by atoms with Crippen LogP contribution in [0.2, 0.25) is 0 Å². The number of hydrogen-bond acceptors (Lipinski definition) is 4. The van der Waals surface area contributed by atoms with Gasteiger partial charge in [-0.25, -0.2) is 0 Å². The molecule has 1 unspecified atom stereocenters. The van der Waals surface area contributed by atoms with Crippen molar-refractivity contribution in [3.05, 3.63) is 81.9 Å². The second-order valence-corrected chi connectivity index (χ2v) is 11.8. The van der Waals surface area contributed by atoms with Gasteiger partial charge in [0.05, 0.1) is 10.7 Å². The Morgan fingerprint density at radius 3 is 2.67 bits per heavy atom. The van der Waals surface area contributed by atoms with Crippen molar-refractivity contribution in [3.8, 4) is 0 Å². The zero-order valence-electron chi connectivity index (χ0n) is 21.5. The number of allylic oxidation sites excluding steroid dienone is 4. The number of nitrogens with zero attached hydrogens (tertiary/aromatic N) is 2. The maximum atomic E-state index is 13.1. The number of rotatable bonds is 6. The highest BCUT2D eigenvalue weighted by atomic mass is 32.2. The summed E-state index contributed by atoms with van der Waals surface area (Å²) in [5.41, 5.74) is 4.97. The average Bonchev–Trinajstić information content (AvgIpc) is 3.39. The summed E-state index contributed by atoms with van der Waals surface area (Å²) in [7, 11) is 0. The highest BCUT2D eigenvalue weighted by Crippen LogP contribution is 2.46. The lowest BCUT2D eigenvalue weighted by atomic mass is 9.84. The van der Waals surface area contributed by atoms with E-state index in [1.165, 1.54) is 42.0 Å². The van der Waals surface area contributed by atoms with Crippen LogP contribution >= 0.6 is 23.1 Å². The number of carbonyl (C=O) groups excluding carboxylic acids is 1. The second kappa shape index (κ2) is 10.7. The largest absolute Gasteiger partial charge is 0.354 e. The molecule has 6 heteroatoms. The minimum atomic E-state index is -0.0659. The maximum Gasteiger partial charge on any atom is 0.263 e. The van der Waals surface area contributed by atoms with E-state index in [0.29, 0.717) is 0 Å². The van der Waals surface area contributed by atoms with Gasteiger partial charge in [0, 0.05) is 35.5 Å². The zero-order valence-corrected chi connectivity index (χ0v) is 23.1. The number of hydrogen-bond donors (Lipinski definition) is 1. The first-order valence-corrected chi connectivity index (χ1v) is 14.5. The third kappa shape index (κ3) is 5.02. The van der Waals surface area contributed by atoms with E-state index < -0.39 is 0 Å². The molecule has 1 aromatic heterocycles. The predicted octanol–water partition coefficient (Wildman–Crippen LogP) is 6.93. The molecule has 0 spiro atoms. The number of aryl methyl sites for hydroxylation is 1. The molecule has 4 nitrogen and oxygen atoms in total. The number of aromatic nitrogens is 1. The van der Waals surface area contributed by atoms with E-state index in [9.17, 15) is 4.79 Å². The molecule has 2 heterocycles. The van der Waals surface area contributed by atoms with Crippen molar-refractivity contribution in [2.24, 2.45) is 5.92 Å². The van der Waals surface area contributed by atoms with Crippen molar-refractivity contribution in [1.29, 1.82) is 0 Å². The molecule has 0 saturated heterocycles. The molecule has 1 amide bonds. The van der Waals surface area contributed by atoms with Crippen molar-refractivity contribution in [3.63, 3.8) is 0 Å². The molecule has 1 aliphatic carbocycles. The Hall–Kier alpha value is -2.83. The van der Waals surface area contributed by atoms with Gasteiger partial charge < -0.3 is 10.2 Å². The van der Waals surface area contributed by atoms with Crippen LogP contribution in [0.25, 0.3) is 16.3 Å². The van der Waals surface area contributed by atoms with Crippen LogP contribution in [0.15, 0.2) is 81.8 Å². The molecule has 0 bridgehead atoms. The van der Waals surface area contributed by atoms with Crippen LogP contribution in [-0.4, -0.2) is 18.5 Å². The first-order chi connectivity index (χ1) is 17.5. The average molecular weight is 517 g/mol. The summed E-state index contributed by atoms with van der Waals surface area (Å²) in [5, 5.41) is 5.63.